The number of rotatable bonds is 4. The highest BCUT2D eigenvalue weighted by Crippen LogP contribution is 2.53. The van der Waals surface area contributed by atoms with Crippen LogP contribution in [0.3, 0.4) is 0 Å². The number of hydrogen-bond donors (Lipinski definition) is 2. The van der Waals surface area contributed by atoms with Gasteiger partial charge in [0.05, 0.1) is 12.1 Å². The Kier molecular flexibility index (Phi) is 3.99. The number of halogens is 1. The largest absolute Gasteiger partial charge is 0.403 e. The van der Waals surface area contributed by atoms with Gasteiger partial charge in [0.2, 0.25) is 5.91 Å². The Morgan fingerprint density at radius 2 is 2.04 bits per heavy atom. The van der Waals surface area contributed by atoms with Crippen molar-refractivity contribution < 1.29 is 9.21 Å². The number of carbonyl (C=O) groups excluding carboxylic acids is 1. The summed E-state index contributed by atoms with van der Waals surface area (Å²) >= 11 is 6.03. The minimum Gasteiger partial charge on any atom is -0.403 e. The molecule has 0 radical (unpaired) electrons. The SMILES string of the molecule is Nc1ccc(-c2nnc(NCC(=O)N3CCC4(CC3)CC4)o2)c(Cl)n1. The zero-order chi connectivity index (χ0) is 17.4. The number of likely N-dealkylation sites (tertiary alicyclic amines) is 1. The number of pyridine rings is 1. The second-order valence-electron chi connectivity index (χ2n) is 6.72. The second kappa shape index (κ2) is 6.18. The Bertz CT molecular complexity index is 794. The monoisotopic (exact) mass is 362 g/mol. The van der Waals surface area contributed by atoms with Crippen molar-refractivity contribution in [2.75, 3.05) is 30.7 Å². The van der Waals surface area contributed by atoms with E-state index in [1.165, 1.54) is 12.8 Å². The minimum absolute atomic E-state index is 0.0439. The summed E-state index contributed by atoms with van der Waals surface area (Å²) in [4.78, 5) is 18.1. The van der Waals surface area contributed by atoms with E-state index in [2.05, 4.69) is 20.5 Å². The van der Waals surface area contributed by atoms with Crippen LogP contribution in [0.15, 0.2) is 16.5 Å². The van der Waals surface area contributed by atoms with Gasteiger partial charge in [-0.2, -0.15) is 0 Å². The lowest BCUT2D eigenvalue weighted by Crippen LogP contribution is -2.41. The summed E-state index contributed by atoms with van der Waals surface area (Å²) in [5.74, 6) is 0.579. The van der Waals surface area contributed by atoms with Crippen molar-refractivity contribution in [1.29, 1.82) is 0 Å². The molecule has 25 heavy (non-hydrogen) atoms. The van der Waals surface area contributed by atoms with Crippen molar-refractivity contribution in [2.24, 2.45) is 5.41 Å². The molecule has 8 nitrogen and oxygen atoms in total. The van der Waals surface area contributed by atoms with Crippen molar-refractivity contribution in [3.63, 3.8) is 0 Å². The van der Waals surface area contributed by atoms with Crippen LogP contribution < -0.4 is 11.1 Å². The Labute approximate surface area is 149 Å². The van der Waals surface area contributed by atoms with E-state index in [1.807, 2.05) is 4.90 Å². The molecule has 1 aliphatic heterocycles. The number of anilines is 2. The van der Waals surface area contributed by atoms with Crippen LogP contribution in [-0.2, 0) is 4.79 Å². The molecule has 2 fully saturated rings. The molecule has 1 aliphatic carbocycles. The minimum atomic E-state index is 0.0439. The highest BCUT2D eigenvalue weighted by molar-refractivity contribution is 6.32. The Morgan fingerprint density at radius 3 is 2.72 bits per heavy atom. The summed E-state index contributed by atoms with van der Waals surface area (Å²) < 4.78 is 5.50. The van der Waals surface area contributed by atoms with E-state index < -0.39 is 0 Å². The zero-order valence-corrected chi connectivity index (χ0v) is 14.4. The van der Waals surface area contributed by atoms with Crippen LogP contribution in [0.25, 0.3) is 11.5 Å². The van der Waals surface area contributed by atoms with Crippen LogP contribution in [-0.4, -0.2) is 45.6 Å². The molecule has 2 aromatic rings. The standard InChI is InChI=1S/C16H19ClN6O2/c17-13-10(1-2-11(18)20-13)14-21-22-15(25-14)19-9-12(24)23-7-5-16(3-4-16)6-8-23/h1-2H,3-9H2,(H2,18,20)(H,19,22). The molecule has 4 rings (SSSR count). The summed E-state index contributed by atoms with van der Waals surface area (Å²) in [7, 11) is 0. The smallest absolute Gasteiger partial charge is 0.316 e. The number of carbonyl (C=O) groups is 1. The summed E-state index contributed by atoms with van der Waals surface area (Å²) in [6.45, 7) is 1.80. The van der Waals surface area contributed by atoms with Gasteiger partial charge in [-0.15, -0.1) is 5.10 Å². The fourth-order valence-electron chi connectivity index (χ4n) is 3.18. The first-order valence-electron chi connectivity index (χ1n) is 8.32. The quantitative estimate of drug-likeness (QED) is 0.802. The lowest BCUT2D eigenvalue weighted by atomic mass is 9.94. The van der Waals surface area contributed by atoms with E-state index >= 15 is 0 Å². The molecule has 1 amide bonds. The molecule has 9 heteroatoms. The van der Waals surface area contributed by atoms with Crippen LogP contribution in [0.5, 0.6) is 0 Å². The Hall–Kier alpha value is -2.35. The molecule has 2 aliphatic rings. The third kappa shape index (κ3) is 3.39. The van der Waals surface area contributed by atoms with Gasteiger partial charge < -0.3 is 20.4 Å². The number of nitrogens with one attached hydrogen (secondary N) is 1. The Morgan fingerprint density at radius 1 is 1.28 bits per heavy atom. The maximum atomic E-state index is 12.3. The van der Waals surface area contributed by atoms with E-state index in [-0.39, 0.29) is 29.5 Å². The average molecular weight is 363 g/mol. The maximum absolute atomic E-state index is 12.3. The predicted octanol–water partition coefficient (Wildman–Crippen LogP) is 2.18. The molecule has 3 N–H and O–H groups in total. The lowest BCUT2D eigenvalue weighted by molar-refractivity contribution is -0.130. The van der Waals surface area contributed by atoms with Crippen LogP contribution in [0.2, 0.25) is 5.15 Å². The van der Waals surface area contributed by atoms with Gasteiger partial charge in [-0.1, -0.05) is 16.7 Å². The lowest BCUT2D eigenvalue weighted by Gasteiger charge is -2.32. The second-order valence-corrected chi connectivity index (χ2v) is 7.08. The number of hydrogen-bond acceptors (Lipinski definition) is 7. The fraction of sp³-hybridized carbons (Fsp3) is 0.500. The molecule has 132 valence electrons. The zero-order valence-electron chi connectivity index (χ0n) is 13.7. The summed E-state index contributed by atoms with van der Waals surface area (Å²) in [5.41, 5.74) is 6.61. The molecular weight excluding hydrogens is 344 g/mol. The molecular formula is C16H19ClN6O2. The molecule has 0 aromatic carbocycles. The van der Waals surface area contributed by atoms with E-state index in [9.17, 15) is 4.79 Å². The molecule has 1 spiro atoms. The maximum Gasteiger partial charge on any atom is 0.316 e. The molecule has 0 atom stereocenters. The van der Waals surface area contributed by atoms with Gasteiger partial charge in [0.15, 0.2) is 0 Å². The summed E-state index contributed by atoms with van der Waals surface area (Å²) in [6, 6.07) is 3.44. The van der Waals surface area contributed by atoms with E-state index in [0.29, 0.717) is 16.8 Å². The van der Waals surface area contributed by atoms with Crippen LogP contribution in [0.1, 0.15) is 25.7 Å². The van der Waals surface area contributed by atoms with Crippen molar-refractivity contribution >= 4 is 29.3 Å². The van der Waals surface area contributed by atoms with Crippen LogP contribution in [0.4, 0.5) is 11.8 Å². The summed E-state index contributed by atoms with van der Waals surface area (Å²) in [6.07, 6.45) is 4.87. The number of aromatic nitrogens is 3. The normalized spacial score (nSPS) is 18.4. The molecule has 0 unspecified atom stereocenters. The first-order valence-corrected chi connectivity index (χ1v) is 8.70. The van der Waals surface area contributed by atoms with Crippen molar-refractivity contribution in [3.8, 4) is 11.5 Å². The fourth-order valence-corrected chi connectivity index (χ4v) is 3.42. The number of piperidine rings is 1. The van der Waals surface area contributed by atoms with Crippen molar-refractivity contribution in [1.82, 2.24) is 20.1 Å². The highest BCUT2D eigenvalue weighted by Gasteiger charge is 2.44. The van der Waals surface area contributed by atoms with Gasteiger partial charge in [-0.3, -0.25) is 4.79 Å². The van der Waals surface area contributed by atoms with E-state index in [4.69, 9.17) is 21.8 Å². The van der Waals surface area contributed by atoms with Gasteiger partial charge >= 0.3 is 6.01 Å². The third-order valence-electron chi connectivity index (χ3n) is 5.05. The number of nitrogens with zero attached hydrogens (tertiary/aromatic N) is 4. The summed E-state index contributed by atoms with van der Waals surface area (Å²) in [5, 5.41) is 10.9. The Balaban J connectivity index is 1.34. The highest BCUT2D eigenvalue weighted by atomic mass is 35.5. The van der Waals surface area contributed by atoms with Gasteiger partial charge in [0, 0.05) is 13.1 Å². The van der Waals surface area contributed by atoms with E-state index in [1.54, 1.807) is 12.1 Å². The van der Waals surface area contributed by atoms with Crippen molar-refractivity contribution in [2.45, 2.75) is 25.7 Å². The predicted molar refractivity (Wildman–Crippen MR) is 92.9 cm³/mol. The molecule has 1 saturated carbocycles. The number of nitrogen functional groups attached to an aromatic ring is 1. The molecule has 3 heterocycles. The van der Waals surface area contributed by atoms with Gasteiger partial charge in [-0.05, 0) is 43.2 Å². The van der Waals surface area contributed by atoms with Gasteiger partial charge in [-0.25, -0.2) is 4.98 Å². The molecule has 2 aromatic heterocycles. The molecule has 0 bridgehead atoms. The first-order chi connectivity index (χ1) is 12.0. The number of nitrogens with two attached hydrogens (primary N) is 1. The van der Waals surface area contributed by atoms with Gasteiger partial charge in [0.1, 0.15) is 11.0 Å². The third-order valence-corrected chi connectivity index (χ3v) is 5.34. The topological polar surface area (TPSA) is 110 Å². The molecule has 1 saturated heterocycles. The van der Waals surface area contributed by atoms with Gasteiger partial charge in [0.25, 0.3) is 5.89 Å². The number of amides is 1. The average Bonchev–Trinajstić information content (AvgIpc) is 3.18. The van der Waals surface area contributed by atoms with E-state index in [0.717, 1.165) is 25.9 Å². The van der Waals surface area contributed by atoms with Crippen LogP contribution >= 0.6 is 11.6 Å². The van der Waals surface area contributed by atoms with Crippen LogP contribution in [0, 0.1) is 5.41 Å². The first kappa shape index (κ1) is 16.1. The van der Waals surface area contributed by atoms with Crippen molar-refractivity contribution in [3.05, 3.63) is 17.3 Å².